The molecule has 0 spiro atoms. The predicted molar refractivity (Wildman–Crippen MR) is 66.6 cm³/mol. The van der Waals surface area contributed by atoms with Gasteiger partial charge in [0.15, 0.2) is 0 Å². The Bertz CT molecular complexity index is 323. The molecule has 4 heteroatoms. The summed E-state index contributed by atoms with van der Waals surface area (Å²) >= 11 is 1.74. The van der Waals surface area contributed by atoms with E-state index in [2.05, 4.69) is 18.8 Å². The number of hydrogen-bond donors (Lipinski definition) is 1. The number of nitrogens with two attached hydrogens (primary N) is 1. The molecule has 1 fully saturated rings. The molecule has 2 N–H and O–H groups in total. The molecule has 2 rings (SSSR count). The molecule has 0 radical (unpaired) electrons. The lowest BCUT2D eigenvalue weighted by Crippen LogP contribution is -2.30. The third kappa shape index (κ3) is 3.03. The van der Waals surface area contributed by atoms with E-state index in [4.69, 9.17) is 10.5 Å². The molecule has 0 atom stereocenters. The zero-order valence-electron chi connectivity index (χ0n) is 10.0. The molecule has 1 aliphatic rings. The van der Waals surface area contributed by atoms with Crippen molar-refractivity contribution in [2.24, 2.45) is 5.73 Å². The van der Waals surface area contributed by atoms with Gasteiger partial charge in [-0.25, -0.2) is 4.98 Å². The minimum atomic E-state index is 0.393. The van der Waals surface area contributed by atoms with Gasteiger partial charge in [-0.1, -0.05) is 0 Å². The van der Waals surface area contributed by atoms with Crippen LogP contribution in [0.5, 0.6) is 0 Å². The molecule has 1 aromatic heterocycles. The number of rotatable bonds is 3. The van der Waals surface area contributed by atoms with Crippen molar-refractivity contribution in [3.63, 3.8) is 0 Å². The first-order valence-corrected chi connectivity index (χ1v) is 6.77. The van der Waals surface area contributed by atoms with Gasteiger partial charge in [0.2, 0.25) is 0 Å². The second-order valence-corrected chi connectivity index (χ2v) is 5.88. The zero-order chi connectivity index (χ0) is 11.5. The van der Waals surface area contributed by atoms with Crippen LogP contribution in [0, 0.1) is 13.8 Å². The van der Waals surface area contributed by atoms with Gasteiger partial charge in [-0.2, -0.15) is 0 Å². The van der Waals surface area contributed by atoms with Crippen molar-refractivity contribution in [1.82, 2.24) is 4.98 Å². The van der Waals surface area contributed by atoms with E-state index < -0.39 is 0 Å². The molecule has 0 bridgehead atoms. The molecular formula is C12H20N2OS. The maximum Gasteiger partial charge on any atom is 0.119 e. The summed E-state index contributed by atoms with van der Waals surface area (Å²) in [7, 11) is 0. The van der Waals surface area contributed by atoms with E-state index in [1.807, 2.05) is 0 Å². The van der Waals surface area contributed by atoms with Crippen LogP contribution in [-0.4, -0.2) is 17.1 Å². The number of hydrogen-bond acceptors (Lipinski definition) is 4. The smallest absolute Gasteiger partial charge is 0.119 e. The van der Waals surface area contributed by atoms with E-state index in [9.17, 15) is 0 Å². The highest BCUT2D eigenvalue weighted by Gasteiger charge is 2.19. The number of nitrogens with zero attached hydrogens (tertiary/aromatic N) is 1. The van der Waals surface area contributed by atoms with Gasteiger partial charge in [0.05, 0.1) is 18.4 Å². The Morgan fingerprint density at radius 2 is 2.00 bits per heavy atom. The summed E-state index contributed by atoms with van der Waals surface area (Å²) in [6.45, 7) is 4.82. The molecular weight excluding hydrogens is 220 g/mol. The van der Waals surface area contributed by atoms with Crippen LogP contribution in [0.1, 0.15) is 41.3 Å². The largest absolute Gasteiger partial charge is 0.371 e. The van der Waals surface area contributed by atoms with Crippen LogP contribution in [0.2, 0.25) is 0 Å². The van der Waals surface area contributed by atoms with Crippen LogP contribution in [-0.2, 0) is 11.3 Å². The molecule has 1 aromatic rings. The van der Waals surface area contributed by atoms with Crippen molar-refractivity contribution in [3.05, 3.63) is 15.6 Å². The van der Waals surface area contributed by atoms with Crippen molar-refractivity contribution in [1.29, 1.82) is 0 Å². The fourth-order valence-corrected chi connectivity index (χ4v) is 2.90. The number of aryl methyl sites for hydroxylation is 2. The van der Waals surface area contributed by atoms with Crippen LogP contribution >= 0.6 is 11.3 Å². The second-order valence-electron chi connectivity index (χ2n) is 4.60. The lowest BCUT2D eigenvalue weighted by Gasteiger charge is -2.25. The first kappa shape index (κ1) is 12.0. The molecule has 1 heterocycles. The van der Waals surface area contributed by atoms with Crippen LogP contribution in [0.25, 0.3) is 0 Å². The topological polar surface area (TPSA) is 48.1 Å². The van der Waals surface area contributed by atoms with E-state index >= 15 is 0 Å². The summed E-state index contributed by atoms with van der Waals surface area (Å²) in [5, 5.41) is 1.10. The molecule has 90 valence electrons. The quantitative estimate of drug-likeness (QED) is 0.883. The Kier molecular flexibility index (Phi) is 3.95. The Morgan fingerprint density at radius 1 is 1.31 bits per heavy atom. The first-order valence-electron chi connectivity index (χ1n) is 5.95. The summed E-state index contributed by atoms with van der Waals surface area (Å²) in [4.78, 5) is 5.77. The molecule has 0 saturated heterocycles. The van der Waals surface area contributed by atoms with Crippen LogP contribution in [0.4, 0.5) is 0 Å². The lowest BCUT2D eigenvalue weighted by molar-refractivity contribution is 0.0137. The predicted octanol–water partition coefficient (Wildman–Crippen LogP) is 2.55. The Hall–Kier alpha value is -0.450. The number of thiazole rings is 1. The average Bonchev–Trinajstić information content (AvgIpc) is 2.58. The normalized spacial score (nSPS) is 25.9. The van der Waals surface area contributed by atoms with Gasteiger partial charge in [0.1, 0.15) is 5.01 Å². The molecule has 0 aromatic carbocycles. The maximum atomic E-state index is 5.88. The van der Waals surface area contributed by atoms with Gasteiger partial charge in [-0.3, -0.25) is 0 Å². The summed E-state index contributed by atoms with van der Waals surface area (Å²) in [6, 6.07) is 0.393. The standard InChI is InChI=1S/C12H20N2OS/c1-8-9(2)16-12(14-8)7-15-11-5-3-10(13)4-6-11/h10-11H,3-7,13H2,1-2H3. The van der Waals surface area contributed by atoms with Crippen LogP contribution in [0.3, 0.4) is 0 Å². The molecule has 0 aliphatic heterocycles. The summed E-state index contributed by atoms with van der Waals surface area (Å²) in [6.07, 6.45) is 4.79. The molecule has 0 unspecified atom stereocenters. The molecule has 16 heavy (non-hydrogen) atoms. The zero-order valence-corrected chi connectivity index (χ0v) is 10.8. The Balaban J connectivity index is 1.79. The highest BCUT2D eigenvalue weighted by atomic mass is 32.1. The van der Waals surface area contributed by atoms with Gasteiger partial charge in [0, 0.05) is 10.9 Å². The molecule has 1 saturated carbocycles. The van der Waals surface area contributed by atoms with Gasteiger partial charge < -0.3 is 10.5 Å². The van der Waals surface area contributed by atoms with Crippen molar-refractivity contribution < 1.29 is 4.74 Å². The van der Waals surface area contributed by atoms with E-state index in [0.717, 1.165) is 36.4 Å². The van der Waals surface area contributed by atoms with Gasteiger partial charge in [-0.15, -0.1) is 11.3 Å². The third-order valence-corrected chi connectivity index (χ3v) is 4.28. The summed E-state index contributed by atoms with van der Waals surface area (Å²) in [5.74, 6) is 0. The van der Waals surface area contributed by atoms with Crippen LogP contribution in [0.15, 0.2) is 0 Å². The van der Waals surface area contributed by atoms with Gasteiger partial charge in [-0.05, 0) is 39.5 Å². The lowest BCUT2D eigenvalue weighted by atomic mass is 9.94. The minimum absolute atomic E-state index is 0.393. The van der Waals surface area contributed by atoms with E-state index in [0.29, 0.717) is 18.8 Å². The van der Waals surface area contributed by atoms with Crippen molar-refractivity contribution >= 4 is 11.3 Å². The third-order valence-electron chi connectivity index (χ3n) is 3.23. The van der Waals surface area contributed by atoms with Gasteiger partial charge >= 0.3 is 0 Å². The van der Waals surface area contributed by atoms with Crippen molar-refractivity contribution in [3.8, 4) is 0 Å². The molecule has 1 aliphatic carbocycles. The highest BCUT2D eigenvalue weighted by Crippen LogP contribution is 2.23. The van der Waals surface area contributed by atoms with Crippen molar-refractivity contribution in [2.75, 3.05) is 0 Å². The fraction of sp³-hybridized carbons (Fsp3) is 0.750. The van der Waals surface area contributed by atoms with E-state index in [1.165, 1.54) is 4.88 Å². The van der Waals surface area contributed by atoms with Gasteiger partial charge in [0.25, 0.3) is 0 Å². The SMILES string of the molecule is Cc1nc(COC2CCC(N)CC2)sc1C. The maximum absolute atomic E-state index is 5.88. The first-order chi connectivity index (χ1) is 7.65. The summed E-state index contributed by atoms with van der Waals surface area (Å²) < 4.78 is 5.88. The Morgan fingerprint density at radius 3 is 2.56 bits per heavy atom. The average molecular weight is 240 g/mol. The number of ether oxygens (including phenoxy) is 1. The molecule has 0 amide bonds. The van der Waals surface area contributed by atoms with E-state index in [-0.39, 0.29) is 0 Å². The fourth-order valence-electron chi connectivity index (χ4n) is 2.05. The monoisotopic (exact) mass is 240 g/mol. The summed E-state index contributed by atoms with van der Waals surface area (Å²) in [5.41, 5.74) is 7.00. The Labute approximate surface area is 101 Å². The van der Waals surface area contributed by atoms with E-state index in [1.54, 1.807) is 11.3 Å². The molecule has 3 nitrogen and oxygen atoms in total. The minimum Gasteiger partial charge on any atom is -0.371 e. The highest BCUT2D eigenvalue weighted by molar-refractivity contribution is 7.11. The van der Waals surface area contributed by atoms with Crippen LogP contribution < -0.4 is 5.73 Å². The second kappa shape index (κ2) is 5.25. The van der Waals surface area contributed by atoms with Crippen molar-refractivity contribution in [2.45, 2.75) is 58.3 Å². The number of aromatic nitrogens is 1.